The van der Waals surface area contributed by atoms with Crippen LogP contribution in [0.1, 0.15) is 29.8 Å². The SMILES string of the molecule is Cc1ccc(C(=O)CSCC(C)C)cc1F. The molecule has 3 heteroatoms. The maximum atomic E-state index is 13.2. The van der Waals surface area contributed by atoms with E-state index in [2.05, 4.69) is 13.8 Å². The van der Waals surface area contributed by atoms with Gasteiger partial charge in [0.05, 0.1) is 5.75 Å². The minimum atomic E-state index is -0.306. The highest BCUT2D eigenvalue weighted by Gasteiger charge is 2.08. The first kappa shape index (κ1) is 13.2. The van der Waals surface area contributed by atoms with Gasteiger partial charge in [-0.25, -0.2) is 4.39 Å². The van der Waals surface area contributed by atoms with E-state index < -0.39 is 0 Å². The van der Waals surface area contributed by atoms with Crippen LogP contribution in [0.4, 0.5) is 4.39 Å². The maximum absolute atomic E-state index is 13.2. The Kier molecular flexibility index (Phi) is 5.00. The lowest BCUT2D eigenvalue weighted by Crippen LogP contribution is -2.05. The van der Waals surface area contributed by atoms with Crippen molar-refractivity contribution in [1.29, 1.82) is 0 Å². The van der Waals surface area contributed by atoms with Crippen LogP contribution in [0.25, 0.3) is 0 Å². The molecule has 0 unspecified atom stereocenters. The molecule has 0 radical (unpaired) electrons. The highest BCUT2D eigenvalue weighted by atomic mass is 32.2. The van der Waals surface area contributed by atoms with E-state index in [0.29, 0.717) is 22.8 Å². The number of Topliss-reactive ketones (excluding diaryl/α,β-unsaturated/α-hetero) is 1. The van der Waals surface area contributed by atoms with Crippen molar-refractivity contribution in [3.63, 3.8) is 0 Å². The second-order valence-electron chi connectivity index (χ2n) is 4.30. The lowest BCUT2D eigenvalue weighted by molar-refractivity contribution is 0.102. The molecule has 0 amide bonds. The maximum Gasteiger partial charge on any atom is 0.172 e. The minimum Gasteiger partial charge on any atom is -0.293 e. The van der Waals surface area contributed by atoms with Gasteiger partial charge >= 0.3 is 0 Å². The zero-order chi connectivity index (χ0) is 12.1. The number of hydrogen-bond acceptors (Lipinski definition) is 2. The molecule has 0 N–H and O–H groups in total. The van der Waals surface area contributed by atoms with Crippen LogP contribution in [0.5, 0.6) is 0 Å². The molecular formula is C13H17FOS. The summed E-state index contributed by atoms with van der Waals surface area (Å²) in [7, 11) is 0. The Bertz CT molecular complexity index is 374. The molecule has 1 aromatic rings. The van der Waals surface area contributed by atoms with Gasteiger partial charge in [0, 0.05) is 5.56 Å². The molecule has 0 fully saturated rings. The molecule has 0 bridgehead atoms. The molecule has 0 spiro atoms. The molecule has 16 heavy (non-hydrogen) atoms. The fraction of sp³-hybridized carbons (Fsp3) is 0.462. The third-order valence-corrected chi connectivity index (χ3v) is 3.55. The topological polar surface area (TPSA) is 17.1 Å². The van der Waals surface area contributed by atoms with Gasteiger partial charge in [0.2, 0.25) is 0 Å². The summed E-state index contributed by atoms with van der Waals surface area (Å²) in [6, 6.07) is 4.67. The number of halogens is 1. The first-order valence-electron chi connectivity index (χ1n) is 5.37. The molecule has 1 rings (SSSR count). The number of benzene rings is 1. The monoisotopic (exact) mass is 240 g/mol. The van der Waals surface area contributed by atoms with Crippen LogP contribution < -0.4 is 0 Å². The molecule has 88 valence electrons. The van der Waals surface area contributed by atoms with Gasteiger partial charge in [-0.1, -0.05) is 26.0 Å². The number of carbonyl (C=O) groups is 1. The van der Waals surface area contributed by atoms with E-state index in [0.717, 1.165) is 5.75 Å². The first-order chi connectivity index (χ1) is 7.50. The van der Waals surface area contributed by atoms with Gasteiger partial charge in [-0.05, 0) is 30.2 Å². The summed E-state index contributed by atoms with van der Waals surface area (Å²) in [5.41, 5.74) is 1.05. The number of carbonyl (C=O) groups excluding carboxylic acids is 1. The van der Waals surface area contributed by atoms with Gasteiger partial charge in [-0.15, -0.1) is 0 Å². The fourth-order valence-electron chi connectivity index (χ4n) is 1.24. The van der Waals surface area contributed by atoms with E-state index in [4.69, 9.17) is 0 Å². The van der Waals surface area contributed by atoms with Gasteiger partial charge in [0.1, 0.15) is 5.82 Å². The van der Waals surface area contributed by atoms with E-state index in [-0.39, 0.29) is 11.6 Å². The van der Waals surface area contributed by atoms with E-state index in [1.165, 1.54) is 6.07 Å². The molecule has 0 aliphatic rings. The van der Waals surface area contributed by atoms with Crippen molar-refractivity contribution in [1.82, 2.24) is 0 Å². The molecule has 0 atom stereocenters. The van der Waals surface area contributed by atoms with Crippen LogP contribution >= 0.6 is 11.8 Å². The van der Waals surface area contributed by atoms with Gasteiger partial charge < -0.3 is 0 Å². The van der Waals surface area contributed by atoms with Crippen LogP contribution in [0.2, 0.25) is 0 Å². The zero-order valence-electron chi connectivity index (χ0n) is 9.92. The van der Waals surface area contributed by atoms with E-state index in [9.17, 15) is 9.18 Å². The van der Waals surface area contributed by atoms with Crippen molar-refractivity contribution >= 4 is 17.5 Å². The smallest absolute Gasteiger partial charge is 0.172 e. The van der Waals surface area contributed by atoms with E-state index in [1.807, 2.05) is 0 Å². The normalized spacial score (nSPS) is 10.8. The van der Waals surface area contributed by atoms with Crippen molar-refractivity contribution in [3.05, 3.63) is 35.1 Å². The van der Waals surface area contributed by atoms with Crippen molar-refractivity contribution in [2.24, 2.45) is 5.92 Å². The fourth-order valence-corrected chi connectivity index (χ4v) is 2.18. The summed E-state index contributed by atoms with van der Waals surface area (Å²) >= 11 is 1.60. The number of thioether (sulfide) groups is 1. The predicted octanol–water partition coefficient (Wildman–Crippen LogP) is 3.71. The van der Waals surface area contributed by atoms with Gasteiger partial charge in [-0.3, -0.25) is 4.79 Å². The summed E-state index contributed by atoms with van der Waals surface area (Å²) in [4.78, 5) is 11.7. The Balaban J connectivity index is 2.56. The number of aryl methyl sites for hydroxylation is 1. The Morgan fingerprint density at radius 2 is 2.12 bits per heavy atom. The van der Waals surface area contributed by atoms with Crippen molar-refractivity contribution in [2.75, 3.05) is 11.5 Å². The molecule has 0 aliphatic heterocycles. The zero-order valence-corrected chi connectivity index (χ0v) is 10.7. The number of rotatable bonds is 5. The molecule has 1 aromatic carbocycles. The van der Waals surface area contributed by atoms with Crippen molar-refractivity contribution in [3.8, 4) is 0 Å². The number of ketones is 1. The van der Waals surface area contributed by atoms with Gasteiger partial charge in [0.25, 0.3) is 0 Å². The average Bonchev–Trinajstić information content (AvgIpc) is 2.21. The summed E-state index contributed by atoms with van der Waals surface area (Å²) in [6.07, 6.45) is 0. The highest BCUT2D eigenvalue weighted by molar-refractivity contribution is 7.99. The quantitative estimate of drug-likeness (QED) is 0.730. The highest BCUT2D eigenvalue weighted by Crippen LogP contribution is 2.13. The van der Waals surface area contributed by atoms with Gasteiger partial charge in [0.15, 0.2) is 5.78 Å². The lowest BCUT2D eigenvalue weighted by atomic mass is 10.1. The summed E-state index contributed by atoms with van der Waals surface area (Å²) in [5.74, 6) is 1.66. The Labute approximate surface area is 100 Å². The second-order valence-corrected chi connectivity index (χ2v) is 5.33. The Morgan fingerprint density at radius 3 is 2.69 bits per heavy atom. The van der Waals surface area contributed by atoms with Gasteiger partial charge in [-0.2, -0.15) is 11.8 Å². The van der Waals surface area contributed by atoms with Crippen molar-refractivity contribution < 1.29 is 9.18 Å². The van der Waals surface area contributed by atoms with Crippen LogP contribution in [-0.4, -0.2) is 17.3 Å². The summed E-state index contributed by atoms with van der Waals surface area (Å²) in [6.45, 7) is 5.92. The lowest BCUT2D eigenvalue weighted by Gasteiger charge is -2.05. The first-order valence-corrected chi connectivity index (χ1v) is 6.53. The molecule has 0 aromatic heterocycles. The third kappa shape index (κ3) is 3.97. The Hall–Kier alpha value is -0.830. The number of hydrogen-bond donors (Lipinski definition) is 0. The minimum absolute atomic E-state index is 0.00421. The molecule has 0 aliphatic carbocycles. The summed E-state index contributed by atoms with van der Waals surface area (Å²) in [5, 5.41) is 0. The van der Waals surface area contributed by atoms with Crippen LogP contribution in [0.15, 0.2) is 18.2 Å². The molecule has 1 nitrogen and oxygen atoms in total. The molecule has 0 saturated carbocycles. The average molecular weight is 240 g/mol. The third-order valence-electron chi connectivity index (χ3n) is 2.18. The Morgan fingerprint density at radius 1 is 1.44 bits per heavy atom. The van der Waals surface area contributed by atoms with Crippen LogP contribution in [0.3, 0.4) is 0 Å². The van der Waals surface area contributed by atoms with Crippen LogP contribution in [-0.2, 0) is 0 Å². The largest absolute Gasteiger partial charge is 0.293 e. The summed E-state index contributed by atoms with van der Waals surface area (Å²) < 4.78 is 13.2. The van der Waals surface area contributed by atoms with E-state index in [1.54, 1.807) is 30.8 Å². The second kappa shape index (κ2) is 6.04. The standard InChI is InChI=1S/C13H17FOS/c1-9(2)7-16-8-13(15)11-5-4-10(3)12(14)6-11/h4-6,9H,7-8H2,1-3H3. The predicted molar refractivity (Wildman–Crippen MR) is 67.6 cm³/mol. The molecule has 0 saturated heterocycles. The molecule has 0 heterocycles. The van der Waals surface area contributed by atoms with Crippen LogP contribution in [0, 0.1) is 18.7 Å². The van der Waals surface area contributed by atoms with Crippen molar-refractivity contribution in [2.45, 2.75) is 20.8 Å². The molecular weight excluding hydrogens is 223 g/mol. The van der Waals surface area contributed by atoms with E-state index >= 15 is 0 Å².